The van der Waals surface area contributed by atoms with Gasteiger partial charge >= 0.3 is 0 Å². The Labute approximate surface area is 117 Å². The first-order valence-corrected chi connectivity index (χ1v) is 7.00. The Morgan fingerprint density at radius 2 is 2.35 bits per heavy atom. The third-order valence-electron chi connectivity index (χ3n) is 4.43. The zero-order valence-electron chi connectivity index (χ0n) is 11.5. The molecule has 2 heterocycles. The fourth-order valence-electron chi connectivity index (χ4n) is 3.50. The quantitative estimate of drug-likeness (QED) is 0.857. The molecule has 5 heteroatoms. The molecule has 2 atom stereocenters. The van der Waals surface area contributed by atoms with Crippen molar-refractivity contribution < 1.29 is 9.57 Å². The lowest BCUT2D eigenvalue weighted by atomic mass is 10.1. The van der Waals surface area contributed by atoms with Crippen molar-refractivity contribution in [3.8, 4) is 5.75 Å². The van der Waals surface area contributed by atoms with E-state index in [2.05, 4.69) is 9.97 Å². The number of nitrogens with zero attached hydrogens (tertiary/aromatic N) is 3. The van der Waals surface area contributed by atoms with Gasteiger partial charge in [-0.1, -0.05) is 0 Å². The number of piperidine rings is 1. The average Bonchev–Trinajstić information content (AvgIpc) is 3.04. The van der Waals surface area contributed by atoms with Crippen molar-refractivity contribution in [1.82, 2.24) is 15.0 Å². The molecule has 5 nitrogen and oxygen atoms in total. The summed E-state index contributed by atoms with van der Waals surface area (Å²) in [7, 11) is 1.72. The summed E-state index contributed by atoms with van der Waals surface area (Å²) in [5, 5.41) is 2.99. The maximum absolute atomic E-state index is 6.31. The molecule has 0 spiro atoms. The molecule has 1 aromatic carbocycles. The second-order valence-corrected chi connectivity index (χ2v) is 5.64. The third-order valence-corrected chi connectivity index (χ3v) is 4.43. The zero-order chi connectivity index (χ0) is 13.6. The van der Waals surface area contributed by atoms with E-state index in [4.69, 9.17) is 9.57 Å². The summed E-state index contributed by atoms with van der Waals surface area (Å²) in [6.07, 6.45) is 6.66. The standard InChI is InChI=1S/C15H17N3O2/c1-19-18-9-11-4-5-15(18,7-11)20-13-2-3-14-12(6-13)8-16-10-17-14/h2-3,6,8,10-11H,4-5,7,9H2,1H3. The van der Waals surface area contributed by atoms with Gasteiger partial charge in [-0.15, -0.1) is 5.06 Å². The van der Waals surface area contributed by atoms with Gasteiger partial charge in [-0.2, -0.15) is 0 Å². The molecule has 1 aliphatic heterocycles. The number of hydrogen-bond acceptors (Lipinski definition) is 5. The topological polar surface area (TPSA) is 47.5 Å². The Morgan fingerprint density at radius 1 is 1.40 bits per heavy atom. The molecule has 0 amide bonds. The molecule has 0 N–H and O–H groups in total. The minimum absolute atomic E-state index is 0.289. The van der Waals surface area contributed by atoms with Gasteiger partial charge in [-0.3, -0.25) is 4.84 Å². The van der Waals surface area contributed by atoms with Crippen LogP contribution in [-0.2, 0) is 4.84 Å². The van der Waals surface area contributed by atoms with Crippen LogP contribution in [0.1, 0.15) is 19.3 Å². The Balaban J connectivity index is 1.66. The largest absolute Gasteiger partial charge is 0.470 e. The summed E-state index contributed by atoms with van der Waals surface area (Å²) >= 11 is 0. The van der Waals surface area contributed by atoms with Crippen LogP contribution in [0.15, 0.2) is 30.7 Å². The van der Waals surface area contributed by atoms with Crippen molar-refractivity contribution in [2.75, 3.05) is 13.7 Å². The molecule has 1 aliphatic carbocycles. The van der Waals surface area contributed by atoms with E-state index in [-0.39, 0.29) is 5.72 Å². The Morgan fingerprint density at radius 3 is 3.20 bits per heavy atom. The molecular weight excluding hydrogens is 254 g/mol. The lowest BCUT2D eigenvalue weighted by molar-refractivity contribution is -0.252. The highest BCUT2D eigenvalue weighted by atomic mass is 16.7. The van der Waals surface area contributed by atoms with Gasteiger partial charge in [0.05, 0.1) is 12.6 Å². The van der Waals surface area contributed by atoms with E-state index in [1.165, 1.54) is 6.42 Å². The average molecular weight is 271 g/mol. The minimum Gasteiger partial charge on any atom is -0.470 e. The molecule has 1 saturated carbocycles. The molecule has 1 aromatic heterocycles. The molecule has 2 aromatic rings. The monoisotopic (exact) mass is 271 g/mol. The van der Waals surface area contributed by atoms with Gasteiger partial charge in [0.2, 0.25) is 0 Å². The third kappa shape index (κ3) is 1.77. The summed E-state index contributed by atoms with van der Waals surface area (Å²) in [6, 6.07) is 5.95. The van der Waals surface area contributed by atoms with E-state index in [0.717, 1.165) is 36.0 Å². The maximum Gasteiger partial charge on any atom is 0.185 e. The molecule has 0 radical (unpaired) electrons. The molecule has 20 heavy (non-hydrogen) atoms. The van der Waals surface area contributed by atoms with Crippen LogP contribution < -0.4 is 4.74 Å². The first-order chi connectivity index (χ1) is 9.79. The van der Waals surface area contributed by atoms with Crippen molar-refractivity contribution in [2.24, 2.45) is 5.92 Å². The summed E-state index contributed by atoms with van der Waals surface area (Å²) in [4.78, 5) is 13.8. The Kier molecular flexibility index (Phi) is 2.65. The van der Waals surface area contributed by atoms with Crippen LogP contribution in [0.4, 0.5) is 0 Å². The normalized spacial score (nSPS) is 29.1. The molecular formula is C15H17N3O2. The zero-order valence-corrected chi connectivity index (χ0v) is 11.5. The van der Waals surface area contributed by atoms with Gasteiger partial charge in [0, 0.05) is 31.0 Å². The number of benzene rings is 1. The highest BCUT2D eigenvalue weighted by Gasteiger charge is 2.53. The van der Waals surface area contributed by atoms with E-state index < -0.39 is 0 Å². The number of rotatable bonds is 3. The number of ether oxygens (including phenoxy) is 1. The highest BCUT2D eigenvalue weighted by Crippen LogP contribution is 2.47. The van der Waals surface area contributed by atoms with E-state index in [0.29, 0.717) is 5.92 Å². The predicted molar refractivity (Wildman–Crippen MR) is 74.0 cm³/mol. The summed E-state index contributed by atoms with van der Waals surface area (Å²) in [5.41, 5.74) is 0.645. The van der Waals surface area contributed by atoms with Gasteiger partial charge in [-0.25, -0.2) is 9.97 Å². The fraction of sp³-hybridized carbons (Fsp3) is 0.467. The van der Waals surface area contributed by atoms with Crippen molar-refractivity contribution in [3.05, 3.63) is 30.7 Å². The van der Waals surface area contributed by atoms with Crippen LogP contribution in [0.3, 0.4) is 0 Å². The SMILES string of the molecule is CON1CC2CCC1(Oc1ccc3ncncc3c1)C2. The van der Waals surface area contributed by atoms with Crippen LogP contribution in [-0.4, -0.2) is 34.4 Å². The van der Waals surface area contributed by atoms with Gasteiger partial charge in [0.1, 0.15) is 12.1 Å². The molecule has 2 aliphatic rings. The summed E-state index contributed by atoms with van der Waals surface area (Å²) in [6.45, 7) is 0.965. The fourth-order valence-corrected chi connectivity index (χ4v) is 3.50. The van der Waals surface area contributed by atoms with E-state index in [1.54, 1.807) is 13.4 Å². The van der Waals surface area contributed by atoms with Crippen molar-refractivity contribution in [2.45, 2.75) is 25.0 Å². The Hall–Kier alpha value is -1.72. The van der Waals surface area contributed by atoms with Crippen molar-refractivity contribution in [1.29, 1.82) is 0 Å². The molecule has 2 fully saturated rings. The van der Waals surface area contributed by atoms with Crippen molar-refractivity contribution >= 4 is 10.9 Å². The summed E-state index contributed by atoms with van der Waals surface area (Å²) < 4.78 is 6.31. The lowest BCUT2D eigenvalue weighted by Gasteiger charge is -2.36. The Bertz CT molecular complexity index is 648. The molecule has 1 saturated heterocycles. The second kappa shape index (κ2) is 4.40. The van der Waals surface area contributed by atoms with Gasteiger partial charge < -0.3 is 4.74 Å². The number of hydroxylamine groups is 2. The van der Waals surface area contributed by atoms with Crippen LogP contribution in [0.2, 0.25) is 0 Å². The van der Waals surface area contributed by atoms with Crippen LogP contribution in [0.5, 0.6) is 5.75 Å². The van der Waals surface area contributed by atoms with E-state index in [9.17, 15) is 0 Å². The maximum atomic E-state index is 6.31. The van der Waals surface area contributed by atoms with Crippen molar-refractivity contribution in [3.63, 3.8) is 0 Å². The second-order valence-electron chi connectivity index (χ2n) is 5.64. The molecule has 2 unspecified atom stereocenters. The summed E-state index contributed by atoms with van der Waals surface area (Å²) in [5.74, 6) is 1.55. The number of aromatic nitrogens is 2. The van der Waals surface area contributed by atoms with Gasteiger partial charge in [-0.05, 0) is 30.5 Å². The van der Waals surface area contributed by atoms with E-state index >= 15 is 0 Å². The first-order valence-electron chi connectivity index (χ1n) is 7.00. The van der Waals surface area contributed by atoms with Crippen LogP contribution in [0.25, 0.3) is 10.9 Å². The van der Waals surface area contributed by atoms with E-state index in [1.807, 2.05) is 29.5 Å². The predicted octanol–water partition coefficient (Wildman–Crippen LogP) is 2.38. The number of hydrogen-bond donors (Lipinski definition) is 0. The van der Waals surface area contributed by atoms with Crippen LogP contribution in [0, 0.1) is 5.92 Å². The highest BCUT2D eigenvalue weighted by molar-refractivity contribution is 5.78. The minimum atomic E-state index is -0.289. The smallest absolute Gasteiger partial charge is 0.185 e. The first kappa shape index (κ1) is 12.1. The molecule has 2 bridgehead atoms. The molecule has 104 valence electrons. The lowest BCUT2D eigenvalue weighted by Crippen LogP contribution is -2.48. The number of fused-ring (bicyclic) bond motifs is 3. The van der Waals surface area contributed by atoms with Gasteiger partial charge in [0.25, 0.3) is 0 Å². The van der Waals surface area contributed by atoms with Gasteiger partial charge in [0.15, 0.2) is 5.72 Å². The molecule has 4 rings (SSSR count). The van der Waals surface area contributed by atoms with Crippen LogP contribution >= 0.6 is 0 Å².